The van der Waals surface area contributed by atoms with Gasteiger partial charge in [0.1, 0.15) is 11.4 Å². The molecule has 4 aromatic carbocycles. The summed E-state index contributed by atoms with van der Waals surface area (Å²) in [5.74, 6) is -2.41. The van der Waals surface area contributed by atoms with Crippen molar-refractivity contribution in [1.29, 1.82) is 0 Å². The van der Waals surface area contributed by atoms with Crippen molar-refractivity contribution in [2.24, 2.45) is 0 Å². The Hall–Kier alpha value is -3.65. The van der Waals surface area contributed by atoms with Crippen LogP contribution < -0.4 is 4.74 Å². The van der Waals surface area contributed by atoms with Gasteiger partial charge in [-0.1, -0.05) is 83.5 Å². The van der Waals surface area contributed by atoms with Gasteiger partial charge in [-0.05, 0) is 54.4 Å². The summed E-state index contributed by atoms with van der Waals surface area (Å²) in [6.07, 6.45) is 0.186. The van der Waals surface area contributed by atoms with Crippen molar-refractivity contribution in [1.82, 2.24) is 9.88 Å². The third kappa shape index (κ3) is 5.37. The van der Waals surface area contributed by atoms with Gasteiger partial charge < -0.3 is 9.84 Å². The molecule has 2 heterocycles. The third-order valence-electron chi connectivity index (χ3n) is 7.89. The maximum atomic E-state index is 15.7. The number of benzene rings is 4. The molecule has 0 saturated carbocycles. The van der Waals surface area contributed by atoms with Crippen LogP contribution in [0.2, 0.25) is 0 Å². The first-order chi connectivity index (χ1) is 19.9. The van der Waals surface area contributed by atoms with Gasteiger partial charge in [-0.15, -0.1) is 0 Å². The molecule has 7 heteroatoms. The van der Waals surface area contributed by atoms with Crippen molar-refractivity contribution < 1.29 is 18.6 Å². The summed E-state index contributed by atoms with van der Waals surface area (Å²) in [6.45, 7) is 3.95. The fraction of sp³-hybridized carbons (Fsp3) is 0.206. The molecule has 4 nitrogen and oxygen atoms in total. The molecule has 2 bridgehead atoms. The molecule has 6 rings (SSSR count). The van der Waals surface area contributed by atoms with Gasteiger partial charge in [0.2, 0.25) is 5.88 Å². The molecule has 1 aliphatic heterocycles. The van der Waals surface area contributed by atoms with E-state index in [4.69, 9.17) is 9.72 Å². The van der Waals surface area contributed by atoms with Crippen LogP contribution >= 0.6 is 15.9 Å². The van der Waals surface area contributed by atoms with Crippen molar-refractivity contribution in [3.63, 3.8) is 0 Å². The van der Waals surface area contributed by atoms with Crippen LogP contribution in [-0.4, -0.2) is 28.1 Å². The Labute approximate surface area is 246 Å². The molecule has 41 heavy (non-hydrogen) atoms. The lowest BCUT2D eigenvalue weighted by Gasteiger charge is -2.40. The number of rotatable bonds is 7. The minimum Gasteiger partial charge on any atom is -0.436 e. The molecule has 1 aromatic heterocycles. The van der Waals surface area contributed by atoms with Gasteiger partial charge >= 0.3 is 0 Å². The molecule has 2 unspecified atom stereocenters. The number of fused-ring (bicyclic) bond motifs is 4. The average molecular weight is 616 g/mol. The molecular formula is C34H29BrF2N2O2. The standard InChI is InChI=1S/C34H29BrF2N2O2/c1-2-39(21-22-9-5-3-6-10-22)16-15-34(40)27-19-31(29(37)20-28(27)36)41-33-26(32(34)23-11-7-4-8-12-23)18-24-17-25(35)13-14-30(24)38-33/h3-14,17-20,32,40H,2,15-16,21H2,1H3. The highest BCUT2D eigenvalue weighted by Gasteiger charge is 2.46. The highest BCUT2D eigenvalue weighted by molar-refractivity contribution is 9.10. The topological polar surface area (TPSA) is 45.6 Å². The molecule has 2 atom stereocenters. The highest BCUT2D eigenvalue weighted by Crippen LogP contribution is 2.51. The van der Waals surface area contributed by atoms with E-state index in [2.05, 4.69) is 39.9 Å². The van der Waals surface area contributed by atoms with Crippen molar-refractivity contribution >= 4 is 26.8 Å². The molecule has 0 radical (unpaired) electrons. The number of hydrogen-bond acceptors (Lipinski definition) is 4. The Morgan fingerprint density at radius 2 is 1.66 bits per heavy atom. The predicted octanol–water partition coefficient (Wildman–Crippen LogP) is 8.31. The smallest absolute Gasteiger partial charge is 0.223 e. The first-order valence-electron chi connectivity index (χ1n) is 13.7. The first-order valence-corrected chi connectivity index (χ1v) is 14.5. The first kappa shape index (κ1) is 27.5. The number of ether oxygens (including phenoxy) is 1. The zero-order valence-corrected chi connectivity index (χ0v) is 24.1. The molecule has 0 saturated heterocycles. The molecule has 1 N–H and O–H groups in total. The van der Waals surface area contributed by atoms with Crippen molar-refractivity contribution in [2.45, 2.75) is 31.4 Å². The molecule has 1 aliphatic rings. The molecule has 0 amide bonds. The summed E-state index contributed by atoms with van der Waals surface area (Å²) in [5, 5.41) is 13.6. The van der Waals surface area contributed by atoms with E-state index in [1.807, 2.05) is 72.8 Å². The highest BCUT2D eigenvalue weighted by atomic mass is 79.9. The van der Waals surface area contributed by atoms with Crippen LogP contribution in [0, 0.1) is 11.6 Å². The second kappa shape index (κ2) is 11.3. The maximum absolute atomic E-state index is 15.7. The van der Waals surface area contributed by atoms with Crippen LogP contribution in [0.3, 0.4) is 0 Å². The van der Waals surface area contributed by atoms with E-state index in [0.29, 0.717) is 24.2 Å². The summed E-state index contributed by atoms with van der Waals surface area (Å²) in [4.78, 5) is 6.97. The van der Waals surface area contributed by atoms with Gasteiger partial charge in [0.05, 0.1) is 5.52 Å². The van der Waals surface area contributed by atoms with E-state index in [-0.39, 0.29) is 23.6 Å². The summed E-state index contributed by atoms with van der Waals surface area (Å²) in [6, 6.07) is 29.3. The number of pyridine rings is 1. The lowest BCUT2D eigenvalue weighted by atomic mass is 9.71. The molecule has 5 aromatic rings. The number of aromatic nitrogens is 1. The molecule has 0 spiro atoms. The summed E-state index contributed by atoms with van der Waals surface area (Å²) in [7, 11) is 0. The Bertz CT molecular complexity index is 1700. The van der Waals surface area contributed by atoms with Gasteiger partial charge in [0.25, 0.3) is 0 Å². The molecular weight excluding hydrogens is 586 g/mol. The summed E-state index contributed by atoms with van der Waals surface area (Å²) >= 11 is 3.53. The van der Waals surface area contributed by atoms with E-state index in [9.17, 15) is 5.11 Å². The van der Waals surface area contributed by atoms with Crippen LogP contribution in [0.4, 0.5) is 8.78 Å². The van der Waals surface area contributed by atoms with Crippen LogP contribution in [0.5, 0.6) is 11.6 Å². The van der Waals surface area contributed by atoms with E-state index >= 15 is 8.78 Å². The average Bonchev–Trinajstić information content (AvgIpc) is 2.97. The van der Waals surface area contributed by atoms with Gasteiger partial charge in [0.15, 0.2) is 11.6 Å². The summed E-state index contributed by atoms with van der Waals surface area (Å²) in [5.41, 5.74) is 1.38. The Kier molecular flexibility index (Phi) is 7.60. The fourth-order valence-corrected chi connectivity index (χ4v) is 6.17. The number of halogens is 3. The minimum atomic E-state index is -1.75. The Balaban J connectivity index is 1.54. The maximum Gasteiger partial charge on any atom is 0.223 e. The van der Waals surface area contributed by atoms with Crippen LogP contribution in [0.15, 0.2) is 102 Å². The van der Waals surface area contributed by atoms with Gasteiger partial charge in [-0.2, -0.15) is 0 Å². The van der Waals surface area contributed by atoms with Crippen molar-refractivity contribution in [3.8, 4) is 11.6 Å². The van der Waals surface area contributed by atoms with Gasteiger partial charge in [-0.25, -0.2) is 13.8 Å². The fourth-order valence-electron chi connectivity index (χ4n) is 5.79. The predicted molar refractivity (Wildman–Crippen MR) is 160 cm³/mol. The zero-order valence-electron chi connectivity index (χ0n) is 22.5. The number of hydrogen-bond donors (Lipinski definition) is 1. The Morgan fingerprint density at radius 3 is 2.39 bits per heavy atom. The Morgan fingerprint density at radius 1 is 0.927 bits per heavy atom. The van der Waals surface area contributed by atoms with Crippen molar-refractivity contribution in [3.05, 3.63) is 135 Å². The largest absolute Gasteiger partial charge is 0.436 e. The lowest BCUT2D eigenvalue weighted by molar-refractivity contribution is -0.00403. The van der Waals surface area contributed by atoms with Crippen LogP contribution in [0.25, 0.3) is 10.9 Å². The molecule has 208 valence electrons. The minimum absolute atomic E-state index is 0.00138. The second-order valence-corrected chi connectivity index (χ2v) is 11.4. The molecule has 0 fully saturated rings. The SMILES string of the molecule is CCN(CCC1(O)c2cc(c(F)cc2F)Oc2nc3ccc(Br)cc3cc2C1c1ccccc1)Cc1ccccc1. The monoisotopic (exact) mass is 614 g/mol. The second-order valence-electron chi connectivity index (χ2n) is 10.5. The summed E-state index contributed by atoms with van der Waals surface area (Å²) < 4.78 is 37.7. The normalized spacial score (nSPS) is 18.0. The van der Waals surface area contributed by atoms with Gasteiger partial charge in [-0.3, -0.25) is 4.90 Å². The third-order valence-corrected chi connectivity index (χ3v) is 8.38. The van der Waals surface area contributed by atoms with Crippen LogP contribution in [0.1, 0.15) is 41.5 Å². The number of aliphatic hydroxyl groups is 1. The quantitative estimate of drug-likeness (QED) is 0.200. The van der Waals surface area contributed by atoms with E-state index < -0.39 is 23.2 Å². The van der Waals surface area contributed by atoms with Crippen molar-refractivity contribution in [2.75, 3.05) is 13.1 Å². The van der Waals surface area contributed by atoms with Gasteiger partial charge in [0, 0.05) is 46.1 Å². The van der Waals surface area contributed by atoms with E-state index in [1.165, 1.54) is 6.07 Å². The van der Waals surface area contributed by atoms with E-state index in [1.54, 1.807) is 0 Å². The lowest BCUT2D eigenvalue weighted by Crippen LogP contribution is -2.40. The molecule has 0 aliphatic carbocycles. The zero-order chi connectivity index (χ0) is 28.6. The van der Waals surface area contributed by atoms with Crippen LogP contribution in [-0.2, 0) is 12.1 Å². The van der Waals surface area contributed by atoms with E-state index in [0.717, 1.165) is 33.6 Å². The number of nitrogens with zero attached hydrogens (tertiary/aromatic N) is 2.